The molecule has 3 aromatic heterocycles. The van der Waals surface area contributed by atoms with Gasteiger partial charge in [-0.25, -0.2) is 4.98 Å². The van der Waals surface area contributed by atoms with Crippen molar-refractivity contribution in [2.24, 2.45) is 5.73 Å². The van der Waals surface area contributed by atoms with E-state index in [1.165, 1.54) is 28.5 Å². The first-order valence-corrected chi connectivity index (χ1v) is 7.69. The quantitative estimate of drug-likeness (QED) is 0.741. The molecule has 8 nitrogen and oxygen atoms in total. The molecule has 0 unspecified atom stereocenters. The average Bonchev–Trinajstić information content (AvgIpc) is 3.26. The van der Waals surface area contributed by atoms with Crippen LogP contribution in [0.2, 0.25) is 0 Å². The van der Waals surface area contributed by atoms with E-state index in [2.05, 4.69) is 15.4 Å². The van der Waals surface area contributed by atoms with E-state index in [1.807, 2.05) is 23.8 Å². The number of rotatable bonds is 5. The van der Waals surface area contributed by atoms with Crippen molar-refractivity contribution in [3.8, 4) is 11.5 Å². The summed E-state index contributed by atoms with van der Waals surface area (Å²) in [5.41, 5.74) is 6.41. The van der Waals surface area contributed by atoms with E-state index >= 15 is 0 Å². The van der Waals surface area contributed by atoms with Crippen molar-refractivity contribution in [2.45, 2.75) is 13.5 Å². The zero-order valence-electron chi connectivity index (χ0n) is 12.1. The highest BCUT2D eigenvalue weighted by atomic mass is 32.1. The summed E-state index contributed by atoms with van der Waals surface area (Å²) in [6, 6.07) is 1.84. The first kappa shape index (κ1) is 15.0. The third-order valence-corrected chi connectivity index (χ3v) is 3.76. The molecular weight excluding hydrogens is 318 g/mol. The summed E-state index contributed by atoms with van der Waals surface area (Å²) < 4.78 is 6.80. The summed E-state index contributed by atoms with van der Waals surface area (Å²) >= 11 is 1.50. The van der Waals surface area contributed by atoms with Gasteiger partial charge in [-0.1, -0.05) is 0 Å². The van der Waals surface area contributed by atoms with Gasteiger partial charge in [-0.15, -0.1) is 0 Å². The Morgan fingerprint density at radius 1 is 1.48 bits per heavy atom. The number of hydrogen-bond donors (Lipinski definition) is 2. The fourth-order valence-corrected chi connectivity index (χ4v) is 2.57. The monoisotopic (exact) mass is 331 g/mol. The number of aryl methyl sites for hydroxylation is 1. The highest BCUT2D eigenvalue weighted by Gasteiger charge is 2.19. The molecule has 3 heterocycles. The van der Waals surface area contributed by atoms with E-state index in [1.54, 1.807) is 0 Å². The maximum absolute atomic E-state index is 12.2. The van der Waals surface area contributed by atoms with Crippen LogP contribution in [0.5, 0.6) is 0 Å². The summed E-state index contributed by atoms with van der Waals surface area (Å²) in [5.74, 6) is -0.865. The minimum Gasteiger partial charge on any atom is -0.444 e. The van der Waals surface area contributed by atoms with Gasteiger partial charge < -0.3 is 15.5 Å². The fourth-order valence-electron chi connectivity index (χ4n) is 1.94. The lowest BCUT2D eigenvalue weighted by molar-refractivity contribution is 0.0995. The zero-order valence-corrected chi connectivity index (χ0v) is 13.0. The standard InChI is InChI=1S/C14H13N5O3S/c1-2-19-5-9(11(18-19)12(15)20)16-13(21)10-6-22-14(17-10)8-3-4-23-7-8/h3-7H,2H2,1H3,(H2,15,20)(H,16,21). The van der Waals surface area contributed by atoms with Crippen molar-refractivity contribution in [3.05, 3.63) is 40.7 Å². The van der Waals surface area contributed by atoms with Gasteiger partial charge in [0.1, 0.15) is 6.26 Å². The van der Waals surface area contributed by atoms with Crippen molar-refractivity contribution in [3.63, 3.8) is 0 Å². The second-order valence-electron chi connectivity index (χ2n) is 4.62. The van der Waals surface area contributed by atoms with Crippen molar-refractivity contribution in [2.75, 3.05) is 5.32 Å². The molecule has 9 heteroatoms. The molecule has 3 aromatic rings. The molecule has 0 saturated carbocycles. The molecule has 0 aliphatic carbocycles. The van der Waals surface area contributed by atoms with Gasteiger partial charge in [-0.05, 0) is 18.4 Å². The van der Waals surface area contributed by atoms with Crippen LogP contribution in [0.25, 0.3) is 11.5 Å². The van der Waals surface area contributed by atoms with Gasteiger partial charge in [-0.3, -0.25) is 14.3 Å². The Balaban J connectivity index is 1.82. The van der Waals surface area contributed by atoms with Gasteiger partial charge in [-0.2, -0.15) is 16.4 Å². The SMILES string of the molecule is CCn1cc(NC(=O)c2coc(-c3ccsc3)n2)c(C(N)=O)n1. The third-order valence-electron chi connectivity index (χ3n) is 3.07. The van der Waals surface area contributed by atoms with Crippen LogP contribution in [0.4, 0.5) is 5.69 Å². The topological polar surface area (TPSA) is 116 Å². The summed E-state index contributed by atoms with van der Waals surface area (Å²) in [6.07, 6.45) is 2.80. The van der Waals surface area contributed by atoms with Crippen molar-refractivity contribution >= 4 is 28.8 Å². The number of nitrogens with one attached hydrogen (secondary N) is 1. The summed E-state index contributed by atoms with van der Waals surface area (Å²) in [4.78, 5) is 27.8. The van der Waals surface area contributed by atoms with E-state index in [9.17, 15) is 9.59 Å². The molecule has 3 rings (SSSR count). The predicted octanol–water partition coefficient (Wildman–Crippen LogP) is 1.97. The Kier molecular flexibility index (Phi) is 3.94. The summed E-state index contributed by atoms with van der Waals surface area (Å²) in [5, 5.41) is 10.3. The normalized spacial score (nSPS) is 10.7. The maximum atomic E-state index is 12.2. The van der Waals surface area contributed by atoms with Crippen LogP contribution < -0.4 is 11.1 Å². The molecule has 23 heavy (non-hydrogen) atoms. The van der Waals surface area contributed by atoms with E-state index in [4.69, 9.17) is 10.2 Å². The number of carbonyl (C=O) groups excluding carboxylic acids is 2. The third kappa shape index (κ3) is 2.99. The van der Waals surface area contributed by atoms with Crippen LogP contribution in [-0.4, -0.2) is 26.6 Å². The van der Waals surface area contributed by atoms with Crippen LogP contribution in [0.1, 0.15) is 27.9 Å². The number of aromatic nitrogens is 3. The summed E-state index contributed by atoms with van der Waals surface area (Å²) in [7, 11) is 0. The first-order chi connectivity index (χ1) is 11.1. The van der Waals surface area contributed by atoms with E-state index in [-0.39, 0.29) is 17.1 Å². The van der Waals surface area contributed by atoms with Crippen molar-refractivity contribution < 1.29 is 14.0 Å². The predicted molar refractivity (Wildman–Crippen MR) is 84.2 cm³/mol. The number of thiophene rings is 1. The van der Waals surface area contributed by atoms with Crippen LogP contribution in [0, 0.1) is 0 Å². The Bertz CT molecular complexity index is 850. The van der Waals surface area contributed by atoms with E-state index < -0.39 is 11.8 Å². The highest BCUT2D eigenvalue weighted by molar-refractivity contribution is 7.08. The molecule has 0 saturated heterocycles. The maximum Gasteiger partial charge on any atom is 0.277 e. The molecule has 0 aliphatic rings. The molecule has 2 amide bonds. The van der Waals surface area contributed by atoms with Gasteiger partial charge in [0.25, 0.3) is 11.8 Å². The Hall–Kier alpha value is -2.94. The van der Waals surface area contributed by atoms with Gasteiger partial charge >= 0.3 is 0 Å². The fraction of sp³-hybridized carbons (Fsp3) is 0.143. The second-order valence-corrected chi connectivity index (χ2v) is 5.40. The van der Waals surface area contributed by atoms with Gasteiger partial charge in [0.05, 0.1) is 5.69 Å². The van der Waals surface area contributed by atoms with Crippen molar-refractivity contribution in [1.82, 2.24) is 14.8 Å². The van der Waals surface area contributed by atoms with E-state index in [0.717, 1.165) is 5.56 Å². The van der Waals surface area contributed by atoms with Gasteiger partial charge in [0.15, 0.2) is 11.4 Å². The molecule has 118 valence electrons. The van der Waals surface area contributed by atoms with Crippen LogP contribution >= 0.6 is 11.3 Å². The van der Waals surface area contributed by atoms with Crippen molar-refractivity contribution in [1.29, 1.82) is 0 Å². The molecule has 0 fully saturated rings. The smallest absolute Gasteiger partial charge is 0.277 e. The lowest BCUT2D eigenvalue weighted by Gasteiger charge is -2.00. The number of anilines is 1. The Morgan fingerprint density at radius 2 is 2.30 bits per heavy atom. The number of oxazole rings is 1. The number of carbonyl (C=O) groups is 2. The van der Waals surface area contributed by atoms with E-state index in [0.29, 0.717) is 12.4 Å². The molecule has 0 bridgehead atoms. The number of amides is 2. The molecule has 3 N–H and O–H groups in total. The lowest BCUT2D eigenvalue weighted by Crippen LogP contribution is -2.18. The minimum atomic E-state index is -0.716. The lowest BCUT2D eigenvalue weighted by atomic mass is 10.3. The highest BCUT2D eigenvalue weighted by Crippen LogP contribution is 2.22. The minimum absolute atomic E-state index is 0.00162. The zero-order chi connectivity index (χ0) is 16.4. The van der Waals surface area contributed by atoms with Gasteiger partial charge in [0, 0.05) is 23.7 Å². The first-order valence-electron chi connectivity index (χ1n) is 6.75. The molecule has 0 radical (unpaired) electrons. The summed E-state index contributed by atoms with van der Waals surface area (Å²) in [6.45, 7) is 2.40. The number of hydrogen-bond acceptors (Lipinski definition) is 6. The number of nitrogens with zero attached hydrogens (tertiary/aromatic N) is 3. The largest absolute Gasteiger partial charge is 0.444 e. The second kappa shape index (κ2) is 6.05. The van der Waals surface area contributed by atoms with Crippen LogP contribution in [0.3, 0.4) is 0 Å². The average molecular weight is 331 g/mol. The molecule has 0 spiro atoms. The van der Waals surface area contributed by atoms with Crippen LogP contribution in [-0.2, 0) is 6.54 Å². The Labute approximate surface area is 134 Å². The molecule has 0 aromatic carbocycles. The molecule has 0 atom stereocenters. The number of primary amides is 1. The molecular formula is C14H13N5O3S. The van der Waals surface area contributed by atoms with Gasteiger partial charge in [0.2, 0.25) is 5.89 Å². The molecule has 0 aliphatic heterocycles. The Morgan fingerprint density at radius 3 is 2.96 bits per heavy atom. The number of nitrogens with two attached hydrogens (primary N) is 1. The van der Waals surface area contributed by atoms with Crippen LogP contribution in [0.15, 0.2) is 33.7 Å².